The number of carbonyl (C=O) groups excluding carboxylic acids is 1. The van der Waals surface area contributed by atoms with Crippen LogP contribution >= 0.6 is 11.6 Å². The van der Waals surface area contributed by atoms with Gasteiger partial charge in [0.1, 0.15) is 5.84 Å². The minimum atomic E-state index is -0.657. The predicted octanol–water partition coefficient (Wildman–Crippen LogP) is 3.55. The van der Waals surface area contributed by atoms with Crippen molar-refractivity contribution in [3.05, 3.63) is 34.9 Å². The number of nitriles is 1. The fourth-order valence-corrected chi connectivity index (χ4v) is 6.26. The van der Waals surface area contributed by atoms with Crippen molar-refractivity contribution < 1.29 is 4.79 Å². The molecule has 148 valence electrons. The van der Waals surface area contributed by atoms with Crippen LogP contribution in [0.2, 0.25) is 5.02 Å². The van der Waals surface area contributed by atoms with E-state index in [1.165, 1.54) is 0 Å². The van der Waals surface area contributed by atoms with E-state index in [1.807, 2.05) is 31.2 Å². The highest BCUT2D eigenvalue weighted by Crippen LogP contribution is 2.60. The van der Waals surface area contributed by atoms with Crippen molar-refractivity contribution in [3.63, 3.8) is 0 Å². The van der Waals surface area contributed by atoms with E-state index in [9.17, 15) is 10.1 Å². The highest BCUT2D eigenvalue weighted by molar-refractivity contribution is 6.30. The van der Waals surface area contributed by atoms with Gasteiger partial charge in [-0.15, -0.1) is 0 Å². The summed E-state index contributed by atoms with van der Waals surface area (Å²) in [4.78, 5) is 17.2. The minimum absolute atomic E-state index is 0.120. The summed E-state index contributed by atoms with van der Waals surface area (Å²) in [5, 5.41) is 10.1. The van der Waals surface area contributed by atoms with Gasteiger partial charge in [-0.05, 0) is 74.5 Å². The number of hydrogen-bond acceptors (Lipinski definition) is 3. The molecule has 4 fully saturated rings. The fourth-order valence-electron chi connectivity index (χ4n) is 6.13. The Bertz CT molecular complexity index is 842. The number of carbonyl (C=O) groups is 1. The third-order valence-corrected chi connectivity index (χ3v) is 7.77. The number of benzene rings is 1. The first-order chi connectivity index (χ1) is 13.3. The SMILES string of the molecule is CC(CC#N)(C(N)=NC1C2CC3CC1CC(C(N)=O)(C3)C2)c1ccc(Cl)cc1. The van der Waals surface area contributed by atoms with Gasteiger partial charge in [0, 0.05) is 10.4 Å². The molecule has 4 aliphatic carbocycles. The van der Waals surface area contributed by atoms with Crippen molar-refractivity contribution in [1.82, 2.24) is 0 Å². The van der Waals surface area contributed by atoms with Crippen LogP contribution in [0, 0.1) is 34.5 Å². The first kappa shape index (κ1) is 19.3. The van der Waals surface area contributed by atoms with Crippen LogP contribution in [0.5, 0.6) is 0 Å². The van der Waals surface area contributed by atoms with Crippen molar-refractivity contribution >= 4 is 23.3 Å². The molecular weight excluding hydrogens is 372 g/mol. The monoisotopic (exact) mass is 398 g/mol. The number of nitrogens with two attached hydrogens (primary N) is 2. The van der Waals surface area contributed by atoms with Crippen molar-refractivity contribution in [2.75, 3.05) is 0 Å². The van der Waals surface area contributed by atoms with Crippen LogP contribution in [-0.4, -0.2) is 17.8 Å². The Hall–Kier alpha value is -2.06. The van der Waals surface area contributed by atoms with Gasteiger partial charge in [0.2, 0.25) is 5.91 Å². The number of aliphatic imine (C=N–C) groups is 1. The lowest BCUT2D eigenvalue weighted by atomic mass is 9.47. The van der Waals surface area contributed by atoms with E-state index in [4.69, 9.17) is 28.1 Å². The second kappa shape index (κ2) is 6.77. The van der Waals surface area contributed by atoms with Crippen LogP contribution < -0.4 is 11.5 Å². The number of amidine groups is 1. The van der Waals surface area contributed by atoms with Gasteiger partial charge in [-0.1, -0.05) is 23.7 Å². The summed E-state index contributed by atoms with van der Waals surface area (Å²) in [5.74, 6) is 1.65. The van der Waals surface area contributed by atoms with E-state index in [0.29, 0.717) is 28.6 Å². The summed E-state index contributed by atoms with van der Waals surface area (Å²) in [6, 6.07) is 9.86. The van der Waals surface area contributed by atoms with Crippen LogP contribution in [0.1, 0.15) is 51.0 Å². The average molecular weight is 399 g/mol. The predicted molar refractivity (Wildman–Crippen MR) is 110 cm³/mol. The third-order valence-electron chi connectivity index (χ3n) is 7.51. The first-order valence-electron chi connectivity index (χ1n) is 10.0. The van der Waals surface area contributed by atoms with Crippen molar-refractivity contribution in [1.29, 1.82) is 5.26 Å². The summed E-state index contributed by atoms with van der Waals surface area (Å²) >= 11 is 6.03. The van der Waals surface area contributed by atoms with E-state index >= 15 is 0 Å². The number of primary amides is 1. The molecule has 0 heterocycles. The second-order valence-electron chi connectivity index (χ2n) is 9.29. The standard InChI is InChI=1S/C22H27ClN4O/c1-21(6-7-24,16-2-4-17(23)5-3-16)19(25)27-18-14-8-13-9-15(18)12-22(10-13,11-14)20(26)28/h2-5,13-15,18H,6,8-12H2,1H3,(H2,25,27)(H2,26,28). The zero-order chi connectivity index (χ0) is 20.1. The molecule has 4 saturated carbocycles. The molecule has 1 amide bonds. The van der Waals surface area contributed by atoms with E-state index < -0.39 is 5.41 Å². The molecule has 1 aromatic carbocycles. The zero-order valence-corrected chi connectivity index (χ0v) is 17.0. The van der Waals surface area contributed by atoms with Crippen molar-refractivity contribution in [2.45, 2.75) is 56.9 Å². The molecule has 0 spiro atoms. The van der Waals surface area contributed by atoms with Gasteiger partial charge in [-0.3, -0.25) is 9.79 Å². The molecule has 4 aliphatic rings. The summed E-state index contributed by atoms with van der Waals surface area (Å²) < 4.78 is 0. The molecule has 6 heteroatoms. The molecule has 0 aromatic heterocycles. The lowest BCUT2D eigenvalue weighted by molar-refractivity contribution is -0.144. The van der Waals surface area contributed by atoms with Gasteiger partial charge in [-0.25, -0.2) is 0 Å². The Morgan fingerprint density at radius 1 is 1.25 bits per heavy atom. The van der Waals surface area contributed by atoms with Crippen molar-refractivity contribution in [2.24, 2.45) is 39.6 Å². The Balaban J connectivity index is 1.65. The Morgan fingerprint density at radius 2 is 1.86 bits per heavy atom. The smallest absolute Gasteiger partial charge is 0.223 e. The van der Waals surface area contributed by atoms with Gasteiger partial charge in [0.15, 0.2) is 0 Å². The highest BCUT2D eigenvalue weighted by atomic mass is 35.5. The molecule has 28 heavy (non-hydrogen) atoms. The second-order valence-corrected chi connectivity index (χ2v) is 9.73. The first-order valence-corrected chi connectivity index (χ1v) is 10.4. The molecule has 3 atom stereocenters. The summed E-state index contributed by atoms with van der Waals surface area (Å²) in [6.45, 7) is 1.97. The number of hydrogen-bond donors (Lipinski definition) is 2. The normalized spacial score (nSPS) is 36.0. The van der Waals surface area contributed by atoms with Crippen LogP contribution in [0.3, 0.4) is 0 Å². The van der Waals surface area contributed by atoms with Crippen molar-refractivity contribution in [3.8, 4) is 6.07 Å². The number of nitrogens with zero attached hydrogens (tertiary/aromatic N) is 2. The Kier molecular flexibility index (Phi) is 4.66. The maximum atomic E-state index is 12.2. The van der Waals surface area contributed by atoms with Crippen LogP contribution in [0.15, 0.2) is 29.3 Å². The Morgan fingerprint density at radius 3 is 2.39 bits per heavy atom. The molecule has 3 unspecified atom stereocenters. The molecule has 5 rings (SSSR count). The maximum Gasteiger partial charge on any atom is 0.223 e. The van der Waals surface area contributed by atoms with Crippen LogP contribution in [0.25, 0.3) is 0 Å². The fraction of sp³-hybridized carbons (Fsp3) is 0.591. The summed E-state index contributed by atoms with van der Waals surface area (Å²) in [5.41, 5.74) is 12.3. The van der Waals surface area contributed by atoms with Gasteiger partial charge in [0.05, 0.1) is 23.9 Å². The topological polar surface area (TPSA) is 105 Å². The lowest BCUT2D eigenvalue weighted by Crippen LogP contribution is -2.57. The lowest BCUT2D eigenvalue weighted by Gasteiger charge is -2.57. The highest BCUT2D eigenvalue weighted by Gasteiger charge is 2.58. The summed E-state index contributed by atoms with van der Waals surface area (Å²) in [7, 11) is 0. The Labute approximate surface area is 171 Å². The molecule has 1 aromatic rings. The largest absolute Gasteiger partial charge is 0.387 e. The van der Waals surface area contributed by atoms with Crippen LogP contribution in [-0.2, 0) is 10.2 Å². The number of halogens is 1. The van der Waals surface area contributed by atoms with E-state index in [0.717, 1.165) is 37.7 Å². The molecule has 4 N–H and O–H groups in total. The molecule has 0 saturated heterocycles. The minimum Gasteiger partial charge on any atom is -0.387 e. The molecular formula is C22H27ClN4O. The third kappa shape index (κ3) is 2.99. The van der Waals surface area contributed by atoms with Gasteiger partial charge < -0.3 is 11.5 Å². The zero-order valence-electron chi connectivity index (χ0n) is 16.2. The molecule has 0 aliphatic heterocycles. The molecule has 4 bridgehead atoms. The van der Waals surface area contributed by atoms with Gasteiger partial charge in [-0.2, -0.15) is 5.26 Å². The maximum absolute atomic E-state index is 12.2. The quantitative estimate of drug-likeness (QED) is 0.585. The summed E-state index contributed by atoms with van der Waals surface area (Å²) in [6.07, 6.45) is 5.04. The van der Waals surface area contributed by atoms with E-state index in [2.05, 4.69) is 6.07 Å². The average Bonchev–Trinajstić information content (AvgIpc) is 2.64. The van der Waals surface area contributed by atoms with E-state index in [1.54, 1.807) is 0 Å². The van der Waals surface area contributed by atoms with Gasteiger partial charge >= 0.3 is 0 Å². The number of rotatable bonds is 5. The molecule has 5 nitrogen and oxygen atoms in total. The van der Waals surface area contributed by atoms with Crippen LogP contribution in [0.4, 0.5) is 0 Å². The van der Waals surface area contributed by atoms with E-state index in [-0.39, 0.29) is 23.8 Å². The molecule has 0 radical (unpaired) electrons. The van der Waals surface area contributed by atoms with Gasteiger partial charge in [0.25, 0.3) is 0 Å². The number of amides is 1.